The van der Waals surface area contributed by atoms with E-state index in [1.54, 1.807) is 0 Å². The van der Waals surface area contributed by atoms with Gasteiger partial charge in [-0.3, -0.25) is 0 Å². The van der Waals surface area contributed by atoms with Gasteiger partial charge in [-0.2, -0.15) is 0 Å². The van der Waals surface area contributed by atoms with Gasteiger partial charge in [0.15, 0.2) is 0 Å². The maximum Gasteiger partial charge on any atom is 0.0612 e. The van der Waals surface area contributed by atoms with Gasteiger partial charge in [0.1, 0.15) is 0 Å². The van der Waals surface area contributed by atoms with Crippen molar-refractivity contribution in [2.45, 2.75) is 65.4 Å². The van der Waals surface area contributed by atoms with Crippen LogP contribution in [0.4, 0.5) is 0 Å². The van der Waals surface area contributed by atoms with E-state index in [9.17, 15) is 0 Å². The summed E-state index contributed by atoms with van der Waals surface area (Å²) in [6, 6.07) is 0. The molecule has 0 aromatic rings. The van der Waals surface area contributed by atoms with E-state index in [1.807, 2.05) is 0 Å². The standard InChI is InChI=1S/C14H26O/c1-4-5-7-14(3)8-6-12-11(2)10-15-13(12)9-14/h11-13H,4-10H2,1-3H3/t11-,12+,13?,14?/m1/s1. The molecular formula is C14H26O. The number of hydrogen-bond donors (Lipinski definition) is 0. The predicted molar refractivity (Wildman–Crippen MR) is 63.9 cm³/mol. The Labute approximate surface area is 94.6 Å². The van der Waals surface area contributed by atoms with Crippen LogP contribution in [0, 0.1) is 17.3 Å². The third-order valence-corrected chi connectivity index (χ3v) is 4.69. The fourth-order valence-corrected chi connectivity index (χ4v) is 3.50. The summed E-state index contributed by atoms with van der Waals surface area (Å²) in [6.45, 7) is 8.15. The molecule has 1 saturated heterocycles. The lowest BCUT2D eigenvalue weighted by Gasteiger charge is -2.40. The monoisotopic (exact) mass is 210 g/mol. The lowest BCUT2D eigenvalue weighted by Crippen LogP contribution is -2.34. The van der Waals surface area contributed by atoms with Crippen molar-refractivity contribution in [1.29, 1.82) is 0 Å². The van der Waals surface area contributed by atoms with Crippen LogP contribution in [0.3, 0.4) is 0 Å². The summed E-state index contributed by atoms with van der Waals surface area (Å²) < 4.78 is 5.94. The lowest BCUT2D eigenvalue weighted by atomic mass is 9.66. The van der Waals surface area contributed by atoms with Crippen molar-refractivity contribution >= 4 is 0 Å². The van der Waals surface area contributed by atoms with Gasteiger partial charge in [0.25, 0.3) is 0 Å². The van der Waals surface area contributed by atoms with E-state index in [0.29, 0.717) is 11.5 Å². The van der Waals surface area contributed by atoms with Gasteiger partial charge in [-0.1, -0.05) is 33.6 Å². The van der Waals surface area contributed by atoms with Gasteiger partial charge >= 0.3 is 0 Å². The van der Waals surface area contributed by atoms with E-state index in [1.165, 1.54) is 38.5 Å². The highest BCUT2D eigenvalue weighted by Gasteiger charge is 2.43. The highest BCUT2D eigenvalue weighted by molar-refractivity contribution is 4.92. The average molecular weight is 210 g/mol. The Bertz CT molecular complexity index is 213. The molecule has 88 valence electrons. The molecule has 1 aliphatic heterocycles. The Kier molecular flexibility index (Phi) is 3.39. The number of hydrogen-bond acceptors (Lipinski definition) is 1. The molecule has 0 amide bonds. The number of rotatable bonds is 3. The first kappa shape index (κ1) is 11.4. The van der Waals surface area contributed by atoms with Crippen LogP contribution in [0.25, 0.3) is 0 Å². The van der Waals surface area contributed by atoms with E-state index in [4.69, 9.17) is 4.74 Å². The van der Waals surface area contributed by atoms with E-state index >= 15 is 0 Å². The summed E-state index contributed by atoms with van der Waals surface area (Å²) in [5.41, 5.74) is 0.585. The lowest BCUT2D eigenvalue weighted by molar-refractivity contribution is 0.00951. The quantitative estimate of drug-likeness (QED) is 0.683. The molecule has 4 atom stereocenters. The summed E-state index contributed by atoms with van der Waals surface area (Å²) in [5, 5.41) is 0. The molecule has 15 heavy (non-hydrogen) atoms. The second kappa shape index (κ2) is 4.45. The van der Waals surface area contributed by atoms with Crippen LogP contribution in [0.2, 0.25) is 0 Å². The van der Waals surface area contributed by atoms with Crippen LogP contribution in [-0.2, 0) is 4.74 Å². The molecule has 0 aromatic heterocycles. The van der Waals surface area contributed by atoms with Crippen molar-refractivity contribution in [2.75, 3.05) is 6.61 Å². The zero-order chi connectivity index (χ0) is 10.9. The van der Waals surface area contributed by atoms with Gasteiger partial charge in [0.2, 0.25) is 0 Å². The predicted octanol–water partition coefficient (Wildman–Crippen LogP) is 4.02. The molecule has 1 heteroatoms. The summed E-state index contributed by atoms with van der Waals surface area (Å²) in [6.07, 6.45) is 8.89. The van der Waals surface area contributed by atoms with Crippen molar-refractivity contribution in [1.82, 2.24) is 0 Å². The average Bonchev–Trinajstić information content (AvgIpc) is 2.57. The number of unbranched alkanes of at least 4 members (excludes halogenated alkanes) is 1. The summed E-state index contributed by atoms with van der Waals surface area (Å²) >= 11 is 0. The highest BCUT2D eigenvalue weighted by atomic mass is 16.5. The topological polar surface area (TPSA) is 9.23 Å². The molecule has 1 saturated carbocycles. The zero-order valence-corrected chi connectivity index (χ0v) is 10.6. The maximum atomic E-state index is 5.94. The Balaban J connectivity index is 1.92. The zero-order valence-electron chi connectivity index (χ0n) is 10.6. The van der Waals surface area contributed by atoms with Gasteiger partial charge in [-0.05, 0) is 42.9 Å². The molecule has 1 heterocycles. The molecule has 2 unspecified atom stereocenters. The number of fused-ring (bicyclic) bond motifs is 1. The van der Waals surface area contributed by atoms with Crippen molar-refractivity contribution in [3.8, 4) is 0 Å². The fourth-order valence-electron chi connectivity index (χ4n) is 3.50. The molecule has 1 aliphatic carbocycles. The number of ether oxygens (including phenoxy) is 1. The van der Waals surface area contributed by atoms with E-state index in [2.05, 4.69) is 20.8 Å². The van der Waals surface area contributed by atoms with Crippen LogP contribution in [0.1, 0.15) is 59.3 Å². The molecule has 0 N–H and O–H groups in total. The Morgan fingerprint density at radius 3 is 2.93 bits per heavy atom. The first-order chi connectivity index (χ1) is 7.14. The second-order valence-electron chi connectivity index (χ2n) is 6.17. The van der Waals surface area contributed by atoms with Crippen LogP contribution < -0.4 is 0 Å². The minimum Gasteiger partial charge on any atom is -0.378 e. The molecule has 0 aromatic carbocycles. The summed E-state index contributed by atoms with van der Waals surface area (Å²) in [7, 11) is 0. The van der Waals surface area contributed by atoms with Crippen molar-refractivity contribution in [3.63, 3.8) is 0 Å². The fraction of sp³-hybridized carbons (Fsp3) is 1.00. The third kappa shape index (κ3) is 2.38. The van der Waals surface area contributed by atoms with Gasteiger partial charge in [0.05, 0.1) is 6.10 Å². The molecule has 0 spiro atoms. The van der Waals surface area contributed by atoms with Gasteiger partial charge < -0.3 is 4.74 Å². The van der Waals surface area contributed by atoms with Crippen molar-refractivity contribution in [3.05, 3.63) is 0 Å². The van der Waals surface area contributed by atoms with Gasteiger partial charge in [0, 0.05) is 6.61 Å². The summed E-state index contributed by atoms with van der Waals surface area (Å²) in [5.74, 6) is 1.69. The van der Waals surface area contributed by atoms with E-state index < -0.39 is 0 Å². The van der Waals surface area contributed by atoms with Gasteiger partial charge in [-0.25, -0.2) is 0 Å². The molecule has 0 bridgehead atoms. The molecule has 2 rings (SSSR count). The molecule has 1 nitrogen and oxygen atoms in total. The SMILES string of the molecule is CCCCC1(C)CC[C@@H]2C(C1)OC[C@H]2C. The molecule has 0 radical (unpaired) electrons. The molecule has 2 aliphatic rings. The minimum absolute atomic E-state index is 0.585. The van der Waals surface area contributed by atoms with Crippen LogP contribution in [0.15, 0.2) is 0 Å². The van der Waals surface area contributed by atoms with E-state index in [-0.39, 0.29) is 0 Å². The highest BCUT2D eigenvalue weighted by Crippen LogP contribution is 2.48. The van der Waals surface area contributed by atoms with Crippen LogP contribution in [0.5, 0.6) is 0 Å². The normalized spacial score (nSPS) is 45.4. The van der Waals surface area contributed by atoms with Crippen molar-refractivity contribution in [2.24, 2.45) is 17.3 Å². The Morgan fingerprint density at radius 1 is 1.40 bits per heavy atom. The first-order valence-corrected chi connectivity index (χ1v) is 6.76. The Hall–Kier alpha value is -0.0400. The van der Waals surface area contributed by atoms with E-state index in [0.717, 1.165) is 18.4 Å². The molecular weight excluding hydrogens is 184 g/mol. The minimum atomic E-state index is 0.585. The smallest absolute Gasteiger partial charge is 0.0612 e. The largest absolute Gasteiger partial charge is 0.378 e. The Morgan fingerprint density at radius 2 is 2.20 bits per heavy atom. The third-order valence-electron chi connectivity index (χ3n) is 4.69. The van der Waals surface area contributed by atoms with Crippen LogP contribution >= 0.6 is 0 Å². The first-order valence-electron chi connectivity index (χ1n) is 6.76. The maximum absolute atomic E-state index is 5.94. The van der Waals surface area contributed by atoms with Crippen LogP contribution in [-0.4, -0.2) is 12.7 Å². The van der Waals surface area contributed by atoms with Crippen molar-refractivity contribution < 1.29 is 4.74 Å². The second-order valence-corrected chi connectivity index (χ2v) is 6.17. The van der Waals surface area contributed by atoms with Gasteiger partial charge in [-0.15, -0.1) is 0 Å². The summed E-state index contributed by atoms with van der Waals surface area (Å²) in [4.78, 5) is 0. The molecule has 2 fully saturated rings.